The highest BCUT2D eigenvalue weighted by Gasteiger charge is 2.02. The van der Waals surface area contributed by atoms with E-state index in [1.54, 1.807) is 18.3 Å². The summed E-state index contributed by atoms with van der Waals surface area (Å²) in [5.41, 5.74) is 3.62. The van der Waals surface area contributed by atoms with Crippen molar-refractivity contribution in [2.45, 2.75) is 6.92 Å². The van der Waals surface area contributed by atoms with E-state index in [1.807, 2.05) is 12.3 Å². The summed E-state index contributed by atoms with van der Waals surface area (Å²) in [7, 11) is 0. The van der Waals surface area contributed by atoms with Gasteiger partial charge in [0.2, 0.25) is 0 Å². The van der Waals surface area contributed by atoms with Crippen molar-refractivity contribution in [1.29, 1.82) is 0 Å². The zero-order valence-electron chi connectivity index (χ0n) is 9.12. The number of pyridine rings is 1. The normalized spacial score (nSPS) is 10.6. The number of aryl methyl sites for hydroxylation is 1. The third-order valence-electron chi connectivity index (χ3n) is 1.92. The average molecular weight is 246 g/mol. The standard InChI is InChI=1S/C11H10N4OS/c1-8-14-10(7-17-8)6-13-15-11(16)9-3-2-4-12-5-9/h2-7H,1H3,(H,15,16)/b13-6-. The molecule has 0 atom stereocenters. The van der Waals surface area contributed by atoms with E-state index in [-0.39, 0.29) is 5.91 Å². The molecule has 2 rings (SSSR count). The number of rotatable bonds is 3. The van der Waals surface area contributed by atoms with E-state index in [9.17, 15) is 4.79 Å². The van der Waals surface area contributed by atoms with E-state index < -0.39 is 0 Å². The first kappa shape index (κ1) is 11.4. The fraction of sp³-hybridized carbons (Fsp3) is 0.0909. The van der Waals surface area contributed by atoms with E-state index in [2.05, 4.69) is 20.5 Å². The first-order valence-electron chi connectivity index (χ1n) is 4.91. The van der Waals surface area contributed by atoms with Crippen LogP contribution in [-0.2, 0) is 0 Å². The molecule has 0 spiro atoms. The smallest absolute Gasteiger partial charge is 0.267 e. The lowest BCUT2D eigenvalue weighted by atomic mass is 10.3. The number of hydrazone groups is 1. The molecule has 0 aromatic carbocycles. The molecule has 86 valence electrons. The molecule has 2 aromatic rings. The van der Waals surface area contributed by atoms with Gasteiger partial charge in [-0.1, -0.05) is 0 Å². The van der Waals surface area contributed by atoms with Gasteiger partial charge >= 0.3 is 0 Å². The van der Waals surface area contributed by atoms with Gasteiger partial charge < -0.3 is 0 Å². The van der Waals surface area contributed by atoms with Crippen molar-refractivity contribution in [3.63, 3.8) is 0 Å². The highest BCUT2D eigenvalue weighted by molar-refractivity contribution is 7.09. The largest absolute Gasteiger partial charge is 0.272 e. The van der Waals surface area contributed by atoms with Crippen LogP contribution < -0.4 is 5.43 Å². The summed E-state index contributed by atoms with van der Waals surface area (Å²) in [6, 6.07) is 3.37. The van der Waals surface area contributed by atoms with Gasteiger partial charge in [0, 0.05) is 17.8 Å². The number of hydrogen-bond donors (Lipinski definition) is 1. The molecule has 0 saturated heterocycles. The zero-order chi connectivity index (χ0) is 12.1. The van der Waals surface area contributed by atoms with Gasteiger partial charge in [-0.15, -0.1) is 11.3 Å². The van der Waals surface area contributed by atoms with Crippen LogP contribution in [0.1, 0.15) is 21.1 Å². The topological polar surface area (TPSA) is 67.2 Å². The molecule has 5 nitrogen and oxygen atoms in total. The molecule has 0 aliphatic rings. The summed E-state index contributed by atoms with van der Waals surface area (Å²) in [5, 5.41) is 6.66. The second kappa shape index (κ2) is 5.31. The van der Waals surface area contributed by atoms with Gasteiger partial charge in [-0.25, -0.2) is 10.4 Å². The fourth-order valence-electron chi connectivity index (χ4n) is 1.16. The third kappa shape index (κ3) is 3.18. The minimum Gasteiger partial charge on any atom is -0.267 e. The van der Waals surface area contributed by atoms with Crippen molar-refractivity contribution in [2.75, 3.05) is 0 Å². The summed E-state index contributed by atoms with van der Waals surface area (Å²) in [4.78, 5) is 19.6. The molecule has 1 amide bonds. The number of amides is 1. The lowest BCUT2D eigenvalue weighted by Gasteiger charge is -1.97. The molecule has 1 N–H and O–H groups in total. The number of aromatic nitrogens is 2. The molecule has 0 bridgehead atoms. The Morgan fingerprint density at radius 3 is 3.12 bits per heavy atom. The number of carbonyl (C=O) groups is 1. The Morgan fingerprint density at radius 2 is 2.47 bits per heavy atom. The highest BCUT2D eigenvalue weighted by atomic mass is 32.1. The molecule has 0 aliphatic heterocycles. The molecule has 17 heavy (non-hydrogen) atoms. The Kier molecular flexibility index (Phi) is 3.56. The number of hydrogen-bond acceptors (Lipinski definition) is 5. The van der Waals surface area contributed by atoms with Crippen molar-refractivity contribution in [1.82, 2.24) is 15.4 Å². The number of carbonyl (C=O) groups excluding carboxylic acids is 1. The lowest BCUT2D eigenvalue weighted by molar-refractivity contribution is 0.0955. The number of nitrogens with zero attached hydrogens (tertiary/aromatic N) is 3. The van der Waals surface area contributed by atoms with Crippen LogP contribution in [0.4, 0.5) is 0 Å². The van der Waals surface area contributed by atoms with Crippen LogP contribution in [0.25, 0.3) is 0 Å². The van der Waals surface area contributed by atoms with E-state index in [1.165, 1.54) is 23.7 Å². The van der Waals surface area contributed by atoms with Gasteiger partial charge in [0.15, 0.2) is 0 Å². The molecular weight excluding hydrogens is 236 g/mol. The van der Waals surface area contributed by atoms with Gasteiger partial charge in [-0.3, -0.25) is 9.78 Å². The van der Waals surface area contributed by atoms with Gasteiger partial charge in [-0.2, -0.15) is 5.10 Å². The average Bonchev–Trinajstić information content (AvgIpc) is 2.76. The number of nitrogens with one attached hydrogen (secondary N) is 1. The summed E-state index contributed by atoms with van der Waals surface area (Å²) in [6.45, 7) is 1.91. The Hall–Kier alpha value is -2.08. The first-order chi connectivity index (χ1) is 8.25. The minimum absolute atomic E-state index is 0.290. The van der Waals surface area contributed by atoms with Crippen LogP contribution in [-0.4, -0.2) is 22.1 Å². The van der Waals surface area contributed by atoms with Gasteiger partial charge in [-0.05, 0) is 19.1 Å². The van der Waals surface area contributed by atoms with Gasteiger partial charge in [0.1, 0.15) is 0 Å². The predicted octanol–water partition coefficient (Wildman–Crippen LogP) is 1.61. The number of thiazole rings is 1. The van der Waals surface area contributed by atoms with Crippen molar-refractivity contribution >= 4 is 23.5 Å². The predicted molar refractivity (Wildman–Crippen MR) is 66.1 cm³/mol. The Morgan fingerprint density at radius 1 is 1.59 bits per heavy atom. The maximum absolute atomic E-state index is 11.6. The van der Waals surface area contributed by atoms with Crippen LogP contribution in [0.15, 0.2) is 35.0 Å². The van der Waals surface area contributed by atoms with Crippen molar-refractivity contribution in [3.8, 4) is 0 Å². The highest BCUT2D eigenvalue weighted by Crippen LogP contribution is 2.05. The molecule has 2 aromatic heterocycles. The van der Waals surface area contributed by atoms with E-state index in [0.29, 0.717) is 5.56 Å². The van der Waals surface area contributed by atoms with Crippen molar-refractivity contribution < 1.29 is 4.79 Å². The van der Waals surface area contributed by atoms with E-state index in [0.717, 1.165) is 10.7 Å². The molecule has 0 unspecified atom stereocenters. The monoisotopic (exact) mass is 246 g/mol. The van der Waals surface area contributed by atoms with Gasteiger partial charge in [0.05, 0.1) is 22.5 Å². The van der Waals surface area contributed by atoms with E-state index >= 15 is 0 Å². The van der Waals surface area contributed by atoms with Gasteiger partial charge in [0.25, 0.3) is 5.91 Å². The maximum Gasteiger partial charge on any atom is 0.272 e. The van der Waals surface area contributed by atoms with Crippen LogP contribution in [0.3, 0.4) is 0 Å². The zero-order valence-corrected chi connectivity index (χ0v) is 9.94. The SMILES string of the molecule is Cc1nc(/C=N\NC(=O)c2cccnc2)cs1. The Bertz CT molecular complexity index is 535. The third-order valence-corrected chi connectivity index (χ3v) is 2.72. The molecule has 0 fully saturated rings. The van der Waals surface area contributed by atoms with Crippen molar-refractivity contribution in [3.05, 3.63) is 46.2 Å². The quantitative estimate of drug-likeness (QED) is 0.661. The molecule has 0 aliphatic carbocycles. The van der Waals surface area contributed by atoms with Crippen molar-refractivity contribution in [2.24, 2.45) is 5.10 Å². The fourth-order valence-corrected chi connectivity index (χ4v) is 1.72. The Balaban J connectivity index is 1.95. The molecule has 0 radical (unpaired) electrons. The second-order valence-corrected chi connectivity index (χ2v) is 4.29. The molecule has 2 heterocycles. The summed E-state index contributed by atoms with van der Waals surface area (Å²) >= 11 is 1.53. The van der Waals surface area contributed by atoms with Crippen LogP contribution >= 0.6 is 11.3 Å². The molecule has 0 saturated carbocycles. The second-order valence-electron chi connectivity index (χ2n) is 3.23. The summed E-state index contributed by atoms with van der Waals surface area (Å²) in [5.74, 6) is -0.290. The minimum atomic E-state index is -0.290. The van der Waals surface area contributed by atoms with Crippen LogP contribution in [0.5, 0.6) is 0 Å². The Labute approximate surface area is 102 Å². The first-order valence-corrected chi connectivity index (χ1v) is 5.79. The van der Waals surface area contributed by atoms with Crippen LogP contribution in [0, 0.1) is 6.92 Å². The van der Waals surface area contributed by atoms with E-state index in [4.69, 9.17) is 0 Å². The van der Waals surface area contributed by atoms with Crippen LogP contribution in [0.2, 0.25) is 0 Å². The molecular formula is C11H10N4OS. The lowest BCUT2D eigenvalue weighted by Crippen LogP contribution is -2.17. The summed E-state index contributed by atoms with van der Waals surface area (Å²) < 4.78 is 0. The maximum atomic E-state index is 11.6. The molecule has 6 heteroatoms. The summed E-state index contributed by atoms with van der Waals surface area (Å²) in [6.07, 6.45) is 4.60.